The standard InChI is InChI=1S/C15H20N2S/c1-2-6-13(7-3-1)14-11-18-15(17-14)16-10-4-5-12-8-9-12/h1-3,6-7,12,14H,4-5,8-11H2,(H,16,17). The van der Waals surface area contributed by atoms with Crippen molar-refractivity contribution in [3.63, 3.8) is 0 Å². The van der Waals surface area contributed by atoms with Crippen LogP contribution in [-0.2, 0) is 0 Å². The largest absolute Gasteiger partial charge is 0.357 e. The molecule has 0 bridgehead atoms. The molecule has 0 spiro atoms. The highest BCUT2D eigenvalue weighted by Crippen LogP contribution is 2.33. The van der Waals surface area contributed by atoms with Gasteiger partial charge in [0.2, 0.25) is 0 Å². The zero-order valence-electron chi connectivity index (χ0n) is 10.6. The first-order valence-corrected chi connectivity index (χ1v) is 7.89. The normalized spacial score (nSPS) is 25.3. The SMILES string of the molecule is c1ccc(C2CSC(=NCCCC3CC3)N2)cc1. The fraction of sp³-hybridized carbons (Fsp3) is 0.533. The lowest BCUT2D eigenvalue weighted by atomic mass is 10.1. The van der Waals surface area contributed by atoms with Crippen LogP contribution in [0.4, 0.5) is 0 Å². The third-order valence-corrected chi connectivity index (χ3v) is 4.63. The molecule has 3 rings (SSSR count). The van der Waals surface area contributed by atoms with Gasteiger partial charge in [-0.1, -0.05) is 54.9 Å². The van der Waals surface area contributed by atoms with Crippen molar-refractivity contribution in [2.24, 2.45) is 10.9 Å². The molecule has 1 aliphatic heterocycles. The summed E-state index contributed by atoms with van der Waals surface area (Å²) in [7, 11) is 0. The van der Waals surface area contributed by atoms with Crippen LogP contribution in [-0.4, -0.2) is 17.5 Å². The van der Waals surface area contributed by atoms with E-state index < -0.39 is 0 Å². The number of amidine groups is 1. The van der Waals surface area contributed by atoms with Crippen molar-refractivity contribution in [1.82, 2.24) is 5.32 Å². The molecule has 0 radical (unpaired) electrons. The van der Waals surface area contributed by atoms with Gasteiger partial charge in [-0.25, -0.2) is 0 Å². The molecule has 1 atom stereocenters. The quantitative estimate of drug-likeness (QED) is 0.818. The summed E-state index contributed by atoms with van der Waals surface area (Å²) in [5, 5.41) is 4.66. The molecule has 96 valence electrons. The monoisotopic (exact) mass is 260 g/mol. The van der Waals surface area contributed by atoms with Gasteiger partial charge in [0.05, 0.1) is 6.04 Å². The lowest BCUT2D eigenvalue weighted by Crippen LogP contribution is -2.19. The topological polar surface area (TPSA) is 24.4 Å². The molecule has 0 amide bonds. The third-order valence-electron chi connectivity index (χ3n) is 3.61. The van der Waals surface area contributed by atoms with Crippen molar-refractivity contribution in [2.75, 3.05) is 12.3 Å². The molecule has 1 aromatic carbocycles. The first-order valence-electron chi connectivity index (χ1n) is 6.90. The molecule has 2 nitrogen and oxygen atoms in total. The van der Waals surface area contributed by atoms with Crippen LogP contribution in [0.15, 0.2) is 35.3 Å². The van der Waals surface area contributed by atoms with Crippen LogP contribution in [0.25, 0.3) is 0 Å². The summed E-state index contributed by atoms with van der Waals surface area (Å²) >= 11 is 1.86. The van der Waals surface area contributed by atoms with Crippen LogP contribution in [0, 0.1) is 5.92 Å². The van der Waals surface area contributed by atoms with E-state index in [0.717, 1.165) is 23.4 Å². The van der Waals surface area contributed by atoms with Crippen LogP contribution in [0.2, 0.25) is 0 Å². The maximum Gasteiger partial charge on any atom is 0.157 e. The van der Waals surface area contributed by atoms with Crippen molar-refractivity contribution in [1.29, 1.82) is 0 Å². The fourth-order valence-corrected chi connectivity index (χ4v) is 3.33. The Bertz CT molecular complexity index is 412. The minimum atomic E-state index is 0.443. The number of rotatable bonds is 5. The van der Waals surface area contributed by atoms with Crippen molar-refractivity contribution in [3.8, 4) is 0 Å². The van der Waals surface area contributed by atoms with Crippen molar-refractivity contribution >= 4 is 16.9 Å². The van der Waals surface area contributed by atoms with Gasteiger partial charge in [-0.05, 0) is 24.3 Å². The van der Waals surface area contributed by atoms with Gasteiger partial charge in [0.1, 0.15) is 0 Å². The Balaban J connectivity index is 1.46. The summed E-state index contributed by atoms with van der Waals surface area (Å²) < 4.78 is 0. The molecule has 3 heteroatoms. The van der Waals surface area contributed by atoms with Crippen molar-refractivity contribution in [3.05, 3.63) is 35.9 Å². The number of nitrogens with zero attached hydrogens (tertiary/aromatic N) is 1. The molecule has 1 aromatic rings. The molecule has 1 unspecified atom stereocenters. The van der Waals surface area contributed by atoms with Crippen LogP contribution in [0.5, 0.6) is 0 Å². The molecule has 1 heterocycles. The average Bonchev–Trinajstić information content (AvgIpc) is 3.12. The summed E-state index contributed by atoms with van der Waals surface area (Å²) in [6.07, 6.45) is 5.55. The van der Waals surface area contributed by atoms with E-state index in [9.17, 15) is 0 Å². The molecule has 2 fully saturated rings. The maximum absolute atomic E-state index is 4.67. The van der Waals surface area contributed by atoms with E-state index >= 15 is 0 Å². The van der Waals surface area contributed by atoms with Crippen LogP contribution in [0.1, 0.15) is 37.3 Å². The zero-order chi connectivity index (χ0) is 12.2. The molecule has 1 aliphatic carbocycles. The van der Waals surface area contributed by atoms with Gasteiger partial charge in [-0.3, -0.25) is 4.99 Å². The van der Waals surface area contributed by atoms with Crippen molar-refractivity contribution < 1.29 is 0 Å². The molecule has 1 saturated carbocycles. The first-order chi connectivity index (χ1) is 8.92. The van der Waals surface area contributed by atoms with Gasteiger partial charge in [-0.15, -0.1) is 0 Å². The van der Waals surface area contributed by atoms with E-state index in [1.165, 1.54) is 31.2 Å². The predicted octanol–water partition coefficient (Wildman–Crippen LogP) is 3.61. The number of thioether (sulfide) groups is 1. The van der Waals surface area contributed by atoms with Crippen LogP contribution >= 0.6 is 11.8 Å². The Labute approximate surface area is 113 Å². The predicted molar refractivity (Wildman–Crippen MR) is 79.0 cm³/mol. The van der Waals surface area contributed by atoms with E-state index in [1.807, 2.05) is 11.8 Å². The summed E-state index contributed by atoms with van der Waals surface area (Å²) in [6, 6.07) is 11.1. The van der Waals surface area contributed by atoms with Gasteiger partial charge >= 0.3 is 0 Å². The third kappa shape index (κ3) is 3.29. The van der Waals surface area contributed by atoms with Gasteiger partial charge in [-0.2, -0.15) is 0 Å². The smallest absolute Gasteiger partial charge is 0.157 e. The number of aliphatic imine (C=N–C) groups is 1. The van der Waals surface area contributed by atoms with E-state index in [-0.39, 0.29) is 0 Å². The highest BCUT2D eigenvalue weighted by atomic mass is 32.2. The Morgan fingerprint density at radius 2 is 2.06 bits per heavy atom. The van der Waals surface area contributed by atoms with Crippen molar-refractivity contribution in [2.45, 2.75) is 31.7 Å². The Morgan fingerprint density at radius 1 is 1.22 bits per heavy atom. The number of hydrogen-bond acceptors (Lipinski definition) is 2. The Kier molecular flexibility index (Phi) is 3.89. The molecule has 0 aromatic heterocycles. The van der Waals surface area contributed by atoms with Gasteiger partial charge in [0, 0.05) is 12.3 Å². The second-order valence-corrected chi connectivity index (χ2v) is 6.20. The van der Waals surface area contributed by atoms with E-state index in [0.29, 0.717) is 6.04 Å². The van der Waals surface area contributed by atoms with E-state index in [4.69, 9.17) is 0 Å². The van der Waals surface area contributed by atoms with E-state index in [2.05, 4.69) is 40.6 Å². The zero-order valence-corrected chi connectivity index (χ0v) is 11.5. The highest BCUT2D eigenvalue weighted by molar-refractivity contribution is 8.14. The van der Waals surface area contributed by atoms with Gasteiger partial charge in [0.15, 0.2) is 5.17 Å². The molecular formula is C15H20N2S. The lowest BCUT2D eigenvalue weighted by Gasteiger charge is -2.09. The Hall–Kier alpha value is -0.960. The van der Waals surface area contributed by atoms with Gasteiger partial charge < -0.3 is 5.32 Å². The fourth-order valence-electron chi connectivity index (χ4n) is 2.32. The van der Waals surface area contributed by atoms with Gasteiger partial charge in [0.25, 0.3) is 0 Å². The second kappa shape index (κ2) is 5.79. The first kappa shape index (κ1) is 12.1. The minimum absolute atomic E-state index is 0.443. The number of hydrogen-bond donors (Lipinski definition) is 1. The van der Waals surface area contributed by atoms with E-state index in [1.54, 1.807) is 0 Å². The minimum Gasteiger partial charge on any atom is -0.357 e. The summed E-state index contributed by atoms with van der Waals surface area (Å²) in [5.41, 5.74) is 1.37. The summed E-state index contributed by atoms with van der Waals surface area (Å²) in [4.78, 5) is 4.67. The average molecular weight is 260 g/mol. The molecule has 1 N–H and O–H groups in total. The number of nitrogens with one attached hydrogen (secondary N) is 1. The van der Waals surface area contributed by atoms with Crippen LogP contribution in [0.3, 0.4) is 0 Å². The second-order valence-electron chi connectivity index (χ2n) is 5.19. The molecule has 1 saturated heterocycles. The lowest BCUT2D eigenvalue weighted by molar-refractivity contribution is 0.673. The molecule has 2 aliphatic rings. The van der Waals surface area contributed by atoms with Crippen LogP contribution < -0.4 is 5.32 Å². The Morgan fingerprint density at radius 3 is 2.83 bits per heavy atom. The summed E-state index contributed by atoms with van der Waals surface area (Å²) in [5.74, 6) is 2.14. The molecular weight excluding hydrogens is 240 g/mol. The summed E-state index contributed by atoms with van der Waals surface area (Å²) in [6.45, 7) is 0.993. The maximum atomic E-state index is 4.67. The number of benzene rings is 1. The molecule has 18 heavy (non-hydrogen) atoms. The highest BCUT2D eigenvalue weighted by Gasteiger charge is 2.22.